The number of hydrogen-bond acceptors (Lipinski definition) is 1. The lowest BCUT2D eigenvalue weighted by molar-refractivity contribution is 0.239. The Hall–Kier alpha value is -0.930. The lowest BCUT2D eigenvalue weighted by Gasteiger charge is -2.25. The zero-order chi connectivity index (χ0) is 15.3. The van der Waals surface area contributed by atoms with E-state index in [-0.39, 0.29) is 6.03 Å². The number of hydrogen-bond donors (Lipinski definition) is 2. The standard InChI is InChI=1S/C15H22Cl2N2O/c1-9(2)12(10(3)4)8-18-15(20)19-11-5-6-13(16)14(17)7-11/h5-7,9-10,12H,8H2,1-4H3,(H2,18,19,20). The summed E-state index contributed by atoms with van der Waals surface area (Å²) in [6, 6.07) is 4.78. The number of carbonyl (C=O) groups is 1. The molecule has 2 amide bonds. The van der Waals surface area contributed by atoms with Crippen molar-refractivity contribution in [2.45, 2.75) is 27.7 Å². The van der Waals surface area contributed by atoms with Gasteiger partial charge in [-0.2, -0.15) is 0 Å². The molecule has 2 N–H and O–H groups in total. The lowest BCUT2D eigenvalue weighted by atomic mass is 9.85. The van der Waals surface area contributed by atoms with E-state index in [0.29, 0.717) is 40.0 Å². The molecular formula is C15H22Cl2N2O. The molecule has 0 bridgehead atoms. The summed E-state index contributed by atoms with van der Waals surface area (Å²) in [7, 11) is 0. The summed E-state index contributed by atoms with van der Waals surface area (Å²) in [6.45, 7) is 9.33. The summed E-state index contributed by atoms with van der Waals surface area (Å²) in [4.78, 5) is 11.9. The number of benzene rings is 1. The summed E-state index contributed by atoms with van der Waals surface area (Å²) >= 11 is 11.7. The Morgan fingerprint density at radius 2 is 1.70 bits per heavy atom. The Balaban J connectivity index is 2.53. The van der Waals surface area contributed by atoms with Crippen molar-refractivity contribution in [2.24, 2.45) is 17.8 Å². The van der Waals surface area contributed by atoms with Gasteiger partial charge in [0.15, 0.2) is 0 Å². The second-order valence-electron chi connectivity index (χ2n) is 5.62. The first-order chi connectivity index (χ1) is 9.31. The van der Waals surface area contributed by atoms with E-state index in [2.05, 4.69) is 38.3 Å². The fraction of sp³-hybridized carbons (Fsp3) is 0.533. The molecule has 1 aromatic carbocycles. The van der Waals surface area contributed by atoms with Crippen LogP contribution in [0.15, 0.2) is 18.2 Å². The van der Waals surface area contributed by atoms with Crippen LogP contribution in [-0.4, -0.2) is 12.6 Å². The summed E-state index contributed by atoms with van der Waals surface area (Å²) < 4.78 is 0. The molecule has 5 heteroatoms. The van der Waals surface area contributed by atoms with Gasteiger partial charge >= 0.3 is 6.03 Å². The molecule has 0 aliphatic carbocycles. The van der Waals surface area contributed by atoms with Gasteiger partial charge in [-0.15, -0.1) is 0 Å². The van der Waals surface area contributed by atoms with Crippen LogP contribution in [0.5, 0.6) is 0 Å². The topological polar surface area (TPSA) is 41.1 Å². The van der Waals surface area contributed by atoms with Gasteiger partial charge in [0.2, 0.25) is 0 Å². The second kappa shape index (κ2) is 7.75. The predicted molar refractivity (Wildman–Crippen MR) is 86.6 cm³/mol. The van der Waals surface area contributed by atoms with Gasteiger partial charge in [-0.1, -0.05) is 50.9 Å². The molecule has 0 radical (unpaired) electrons. The largest absolute Gasteiger partial charge is 0.338 e. The van der Waals surface area contributed by atoms with Gasteiger partial charge in [-0.05, 0) is 36.0 Å². The van der Waals surface area contributed by atoms with Gasteiger partial charge in [0.1, 0.15) is 0 Å². The molecule has 1 aromatic rings. The van der Waals surface area contributed by atoms with E-state index in [4.69, 9.17) is 23.2 Å². The van der Waals surface area contributed by atoms with Gasteiger partial charge in [0.05, 0.1) is 10.0 Å². The molecule has 0 fully saturated rings. The quantitative estimate of drug-likeness (QED) is 0.784. The molecule has 0 spiro atoms. The fourth-order valence-corrected chi connectivity index (χ4v) is 2.50. The van der Waals surface area contributed by atoms with E-state index >= 15 is 0 Å². The Bertz CT molecular complexity index is 453. The van der Waals surface area contributed by atoms with E-state index in [1.165, 1.54) is 0 Å². The number of carbonyl (C=O) groups excluding carboxylic acids is 1. The minimum absolute atomic E-state index is 0.227. The molecule has 0 aromatic heterocycles. The summed E-state index contributed by atoms with van der Waals surface area (Å²) in [5.74, 6) is 1.51. The predicted octanol–water partition coefficient (Wildman–Crippen LogP) is 5.04. The van der Waals surface area contributed by atoms with Crippen molar-refractivity contribution >= 4 is 34.9 Å². The third-order valence-electron chi connectivity index (χ3n) is 3.39. The van der Waals surface area contributed by atoms with Crippen LogP contribution < -0.4 is 10.6 Å². The Labute approximate surface area is 131 Å². The molecule has 0 unspecified atom stereocenters. The molecule has 0 saturated heterocycles. The highest BCUT2D eigenvalue weighted by atomic mass is 35.5. The maximum Gasteiger partial charge on any atom is 0.319 e. The first-order valence-electron chi connectivity index (χ1n) is 6.81. The average Bonchev–Trinajstić information content (AvgIpc) is 2.33. The molecule has 0 saturated carbocycles. The van der Waals surface area contributed by atoms with Crippen LogP contribution in [0, 0.1) is 17.8 Å². The molecule has 0 aliphatic rings. The third-order valence-corrected chi connectivity index (χ3v) is 4.13. The smallest absolute Gasteiger partial charge is 0.319 e. The summed E-state index contributed by atoms with van der Waals surface area (Å²) in [6.07, 6.45) is 0. The Kier molecular flexibility index (Phi) is 6.63. The van der Waals surface area contributed by atoms with Crippen LogP contribution in [0.25, 0.3) is 0 Å². The molecule has 1 rings (SSSR count). The van der Waals surface area contributed by atoms with E-state index < -0.39 is 0 Å². The van der Waals surface area contributed by atoms with Crippen molar-refractivity contribution in [2.75, 3.05) is 11.9 Å². The molecular weight excluding hydrogens is 295 g/mol. The molecule has 0 aliphatic heterocycles. The SMILES string of the molecule is CC(C)C(CNC(=O)Nc1ccc(Cl)c(Cl)c1)C(C)C. The van der Waals surface area contributed by atoms with Crippen LogP contribution >= 0.6 is 23.2 Å². The van der Waals surface area contributed by atoms with Crippen LogP contribution in [-0.2, 0) is 0 Å². The van der Waals surface area contributed by atoms with Crippen molar-refractivity contribution in [1.29, 1.82) is 0 Å². The maximum atomic E-state index is 11.9. The Morgan fingerprint density at radius 3 is 2.20 bits per heavy atom. The molecule has 3 nitrogen and oxygen atoms in total. The van der Waals surface area contributed by atoms with Crippen molar-refractivity contribution in [1.82, 2.24) is 5.32 Å². The van der Waals surface area contributed by atoms with Crippen molar-refractivity contribution < 1.29 is 4.79 Å². The van der Waals surface area contributed by atoms with E-state index in [0.717, 1.165) is 0 Å². The van der Waals surface area contributed by atoms with Crippen LogP contribution in [0.2, 0.25) is 10.0 Å². The van der Waals surface area contributed by atoms with Gasteiger partial charge in [0.25, 0.3) is 0 Å². The van der Waals surface area contributed by atoms with Crippen LogP contribution in [0.1, 0.15) is 27.7 Å². The lowest BCUT2D eigenvalue weighted by Crippen LogP contribution is -2.36. The van der Waals surface area contributed by atoms with E-state index in [1.807, 2.05) is 0 Å². The number of nitrogens with one attached hydrogen (secondary N) is 2. The molecule has 0 atom stereocenters. The van der Waals surface area contributed by atoms with E-state index in [1.54, 1.807) is 18.2 Å². The number of rotatable bonds is 5. The van der Waals surface area contributed by atoms with Gasteiger partial charge in [0, 0.05) is 12.2 Å². The average molecular weight is 317 g/mol. The van der Waals surface area contributed by atoms with Crippen LogP contribution in [0.3, 0.4) is 0 Å². The third kappa shape index (κ3) is 5.22. The van der Waals surface area contributed by atoms with Crippen molar-refractivity contribution in [3.63, 3.8) is 0 Å². The highest BCUT2D eigenvalue weighted by Gasteiger charge is 2.18. The van der Waals surface area contributed by atoms with Crippen molar-refractivity contribution in [3.05, 3.63) is 28.2 Å². The Morgan fingerprint density at radius 1 is 1.10 bits per heavy atom. The normalized spacial score (nSPS) is 11.2. The minimum Gasteiger partial charge on any atom is -0.338 e. The van der Waals surface area contributed by atoms with Gasteiger partial charge in [-0.3, -0.25) is 0 Å². The number of amides is 2. The highest BCUT2D eigenvalue weighted by molar-refractivity contribution is 6.42. The first kappa shape index (κ1) is 17.1. The summed E-state index contributed by atoms with van der Waals surface area (Å²) in [5.41, 5.74) is 0.627. The minimum atomic E-state index is -0.227. The monoisotopic (exact) mass is 316 g/mol. The zero-order valence-electron chi connectivity index (χ0n) is 12.3. The van der Waals surface area contributed by atoms with E-state index in [9.17, 15) is 4.79 Å². The molecule has 112 valence electrons. The molecule has 20 heavy (non-hydrogen) atoms. The van der Waals surface area contributed by atoms with Gasteiger partial charge in [-0.25, -0.2) is 4.79 Å². The number of urea groups is 1. The molecule has 0 heterocycles. The summed E-state index contributed by atoms with van der Waals surface area (Å²) in [5, 5.41) is 6.54. The highest BCUT2D eigenvalue weighted by Crippen LogP contribution is 2.25. The maximum absolute atomic E-state index is 11.9. The van der Waals surface area contributed by atoms with Crippen LogP contribution in [0.4, 0.5) is 10.5 Å². The second-order valence-corrected chi connectivity index (χ2v) is 6.43. The number of halogens is 2. The van der Waals surface area contributed by atoms with Gasteiger partial charge < -0.3 is 10.6 Å². The number of anilines is 1. The zero-order valence-corrected chi connectivity index (χ0v) is 13.8. The fourth-order valence-electron chi connectivity index (χ4n) is 2.20. The first-order valence-corrected chi connectivity index (χ1v) is 7.56. The van der Waals surface area contributed by atoms with Crippen molar-refractivity contribution in [3.8, 4) is 0 Å².